The van der Waals surface area contributed by atoms with Gasteiger partial charge in [0.15, 0.2) is 11.5 Å². The van der Waals surface area contributed by atoms with Crippen LogP contribution in [0.1, 0.15) is 38.3 Å². The smallest absolute Gasteiger partial charge is 0.328 e. The number of esters is 1. The van der Waals surface area contributed by atoms with Gasteiger partial charge in [0.25, 0.3) is 0 Å². The second kappa shape index (κ2) is 12.8. The van der Waals surface area contributed by atoms with Crippen molar-refractivity contribution in [1.82, 2.24) is 10.6 Å². The van der Waals surface area contributed by atoms with Crippen molar-refractivity contribution in [2.75, 3.05) is 14.2 Å². The van der Waals surface area contributed by atoms with Crippen molar-refractivity contribution < 1.29 is 33.7 Å². The molecule has 9 heteroatoms. The Bertz CT molecular complexity index is 1000. The zero-order chi connectivity index (χ0) is 26.0. The summed E-state index contributed by atoms with van der Waals surface area (Å²) >= 11 is 0. The minimum atomic E-state index is -1.20. The van der Waals surface area contributed by atoms with Crippen LogP contribution in [0.5, 0.6) is 11.5 Å². The summed E-state index contributed by atoms with van der Waals surface area (Å²) in [7, 11) is 2.77. The minimum absolute atomic E-state index is 0.133. The molecule has 0 aliphatic rings. The van der Waals surface area contributed by atoms with E-state index in [2.05, 4.69) is 10.6 Å². The van der Waals surface area contributed by atoms with Crippen LogP contribution in [0, 0.1) is 0 Å². The molecule has 2 rings (SSSR count). The topological polar surface area (TPSA) is 123 Å². The predicted molar refractivity (Wildman–Crippen MR) is 130 cm³/mol. The lowest BCUT2D eigenvalue weighted by Crippen LogP contribution is -2.51. The number of hydrogen-bond acceptors (Lipinski definition) is 7. The molecule has 35 heavy (non-hydrogen) atoms. The van der Waals surface area contributed by atoms with Gasteiger partial charge in [0.05, 0.1) is 26.2 Å². The molecule has 2 unspecified atom stereocenters. The van der Waals surface area contributed by atoms with Crippen LogP contribution in [0.15, 0.2) is 48.5 Å². The van der Waals surface area contributed by atoms with Crippen LogP contribution < -0.4 is 20.1 Å². The third-order valence-electron chi connectivity index (χ3n) is 5.07. The molecule has 0 fully saturated rings. The number of benzene rings is 2. The molecule has 0 saturated heterocycles. The van der Waals surface area contributed by atoms with E-state index in [1.807, 2.05) is 30.3 Å². The van der Waals surface area contributed by atoms with Gasteiger partial charge in [0.2, 0.25) is 11.8 Å². The number of ether oxygens (including phenoxy) is 3. The molecular weight excluding hydrogens is 452 g/mol. The van der Waals surface area contributed by atoms with Gasteiger partial charge in [-0.1, -0.05) is 36.4 Å². The molecule has 3 N–H and O–H groups in total. The van der Waals surface area contributed by atoms with Crippen molar-refractivity contribution >= 4 is 17.8 Å². The summed E-state index contributed by atoms with van der Waals surface area (Å²) in [6, 6.07) is 13.0. The average molecular weight is 487 g/mol. The van der Waals surface area contributed by atoms with E-state index in [0.717, 1.165) is 5.56 Å². The highest BCUT2D eigenvalue weighted by Gasteiger charge is 2.27. The van der Waals surface area contributed by atoms with Crippen LogP contribution in [-0.4, -0.2) is 54.8 Å². The average Bonchev–Trinajstić information content (AvgIpc) is 2.81. The standard InChI is InChI=1S/C26H34N2O7/c1-17(27-23(29)15-26(2,3)32)24(30)28-20(25(31)34-5)13-19-11-12-21(33-4)22(14-19)35-16-18-9-7-6-8-10-18/h6-12,14,17,20,32H,13,15-16H2,1-5H3,(H,27,29)(H,28,30). The number of nitrogens with one attached hydrogen (secondary N) is 2. The first-order valence-corrected chi connectivity index (χ1v) is 11.3. The van der Waals surface area contributed by atoms with Gasteiger partial charge >= 0.3 is 5.97 Å². The van der Waals surface area contributed by atoms with Gasteiger partial charge in [-0.2, -0.15) is 0 Å². The molecule has 2 atom stereocenters. The lowest BCUT2D eigenvalue weighted by Gasteiger charge is -2.22. The van der Waals surface area contributed by atoms with E-state index in [9.17, 15) is 19.5 Å². The Balaban J connectivity index is 2.10. The molecular formula is C26H34N2O7. The van der Waals surface area contributed by atoms with Gasteiger partial charge in [-0.25, -0.2) is 4.79 Å². The Morgan fingerprint density at radius 2 is 1.66 bits per heavy atom. The first-order chi connectivity index (χ1) is 16.5. The Morgan fingerprint density at radius 1 is 0.971 bits per heavy atom. The molecule has 2 aromatic carbocycles. The summed E-state index contributed by atoms with van der Waals surface area (Å²) in [4.78, 5) is 37.1. The number of carbonyl (C=O) groups is 3. The van der Waals surface area contributed by atoms with E-state index in [1.54, 1.807) is 18.2 Å². The normalized spacial score (nSPS) is 12.7. The molecule has 0 radical (unpaired) electrons. The highest BCUT2D eigenvalue weighted by molar-refractivity contribution is 5.90. The Labute approximate surface area is 205 Å². The second-order valence-corrected chi connectivity index (χ2v) is 8.83. The van der Waals surface area contributed by atoms with Crippen molar-refractivity contribution in [3.05, 3.63) is 59.7 Å². The van der Waals surface area contributed by atoms with E-state index in [0.29, 0.717) is 23.7 Å². The van der Waals surface area contributed by atoms with E-state index < -0.39 is 35.5 Å². The summed E-state index contributed by atoms with van der Waals surface area (Å²) in [6.45, 7) is 4.82. The Kier molecular flexibility index (Phi) is 10.1. The van der Waals surface area contributed by atoms with Gasteiger partial charge in [0.1, 0.15) is 18.7 Å². The SMILES string of the molecule is COC(=O)C(Cc1ccc(OC)c(OCc2ccccc2)c1)NC(=O)C(C)NC(=O)CC(C)(C)O. The highest BCUT2D eigenvalue weighted by Crippen LogP contribution is 2.29. The van der Waals surface area contributed by atoms with Crippen LogP contribution in [-0.2, 0) is 32.1 Å². The summed E-state index contributed by atoms with van der Waals surface area (Å²) in [5.74, 6) is -0.637. The largest absolute Gasteiger partial charge is 0.493 e. The summed E-state index contributed by atoms with van der Waals surface area (Å²) < 4.78 is 16.2. The van der Waals surface area contributed by atoms with Crippen molar-refractivity contribution in [2.45, 2.75) is 57.9 Å². The minimum Gasteiger partial charge on any atom is -0.493 e. The molecule has 0 bridgehead atoms. The van der Waals surface area contributed by atoms with Crippen LogP contribution >= 0.6 is 0 Å². The van der Waals surface area contributed by atoms with E-state index in [-0.39, 0.29) is 12.8 Å². The summed E-state index contributed by atoms with van der Waals surface area (Å²) in [6.07, 6.45) is -0.0307. The first kappa shape index (κ1) is 27.7. The maximum absolute atomic E-state index is 12.7. The number of carbonyl (C=O) groups excluding carboxylic acids is 3. The maximum atomic E-state index is 12.7. The number of hydrogen-bond donors (Lipinski definition) is 3. The molecule has 190 valence electrons. The predicted octanol–water partition coefficient (Wildman–Crippen LogP) is 2.14. The fourth-order valence-corrected chi connectivity index (χ4v) is 3.32. The van der Waals surface area contributed by atoms with E-state index >= 15 is 0 Å². The van der Waals surface area contributed by atoms with Crippen molar-refractivity contribution in [3.63, 3.8) is 0 Å². The van der Waals surface area contributed by atoms with Gasteiger partial charge in [0, 0.05) is 6.42 Å². The zero-order valence-electron chi connectivity index (χ0n) is 20.8. The molecule has 2 amide bonds. The monoisotopic (exact) mass is 486 g/mol. The maximum Gasteiger partial charge on any atom is 0.328 e. The van der Waals surface area contributed by atoms with E-state index in [4.69, 9.17) is 14.2 Å². The molecule has 0 aromatic heterocycles. The van der Waals surface area contributed by atoms with Crippen molar-refractivity contribution in [1.29, 1.82) is 0 Å². The second-order valence-electron chi connectivity index (χ2n) is 8.83. The van der Waals surface area contributed by atoms with Gasteiger partial charge in [-0.3, -0.25) is 9.59 Å². The quantitative estimate of drug-likeness (QED) is 0.393. The van der Waals surface area contributed by atoms with Crippen LogP contribution in [0.3, 0.4) is 0 Å². The van der Waals surface area contributed by atoms with Crippen LogP contribution in [0.4, 0.5) is 0 Å². The molecule has 2 aromatic rings. The number of amides is 2. The Morgan fingerprint density at radius 3 is 2.26 bits per heavy atom. The summed E-state index contributed by atoms with van der Waals surface area (Å²) in [5.41, 5.74) is 0.493. The number of rotatable bonds is 12. The lowest BCUT2D eigenvalue weighted by atomic mass is 10.0. The van der Waals surface area contributed by atoms with Crippen molar-refractivity contribution in [3.8, 4) is 11.5 Å². The molecule has 0 spiro atoms. The highest BCUT2D eigenvalue weighted by atomic mass is 16.5. The zero-order valence-corrected chi connectivity index (χ0v) is 20.8. The van der Waals surface area contributed by atoms with Crippen molar-refractivity contribution in [2.24, 2.45) is 0 Å². The Hall–Kier alpha value is -3.59. The third-order valence-corrected chi connectivity index (χ3v) is 5.07. The fraction of sp³-hybridized carbons (Fsp3) is 0.423. The molecule has 0 aliphatic heterocycles. The summed E-state index contributed by atoms with van der Waals surface area (Å²) in [5, 5.41) is 14.9. The number of methoxy groups -OCH3 is 2. The van der Waals surface area contributed by atoms with Crippen LogP contribution in [0.25, 0.3) is 0 Å². The van der Waals surface area contributed by atoms with E-state index in [1.165, 1.54) is 35.0 Å². The van der Waals surface area contributed by atoms with Gasteiger partial charge in [-0.05, 0) is 44.0 Å². The molecule has 0 heterocycles. The van der Waals surface area contributed by atoms with Gasteiger partial charge < -0.3 is 30.0 Å². The molecule has 9 nitrogen and oxygen atoms in total. The van der Waals surface area contributed by atoms with Gasteiger partial charge in [-0.15, -0.1) is 0 Å². The third kappa shape index (κ3) is 9.29. The van der Waals surface area contributed by atoms with Crippen LogP contribution in [0.2, 0.25) is 0 Å². The molecule has 0 aliphatic carbocycles. The number of aliphatic hydroxyl groups is 1. The molecule has 0 saturated carbocycles. The fourth-order valence-electron chi connectivity index (χ4n) is 3.32. The lowest BCUT2D eigenvalue weighted by molar-refractivity contribution is -0.145. The first-order valence-electron chi connectivity index (χ1n) is 11.3.